The van der Waals surface area contributed by atoms with Gasteiger partial charge in [0.05, 0.1) is 0 Å². The Morgan fingerprint density at radius 1 is 1.38 bits per heavy atom. The van der Waals surface area contributed by atoms with Crippen molar-refractivity contribution < 1.29 is 10.0 Å². The first-order chi connectivity index (χ1) is 3.27. The minimum absolute atomic E-state index is 0. The maximum Gasteiger partial charge on any atom is 0.451 e. The van der Waals surface area contributed by atoms with Gasteiger partial charge in [-0.1, -0.05) is 19.8 Å². The lowest BCUT2D eigenvalue weighted by Crippen LogP contribution is -2.08. The third-order valence-electron chi connectivity index (χ3n) is 0.816. The van der Waals surface area contributed by atoms with Crippen LogP contribution in [-0.4, -0.2) is 17.2 Å². The van der Waals surface area contributed by atoms with Gasteiger partial charge in [0.25, 0.3) is 0 Å². The van der Waals surface area contributed by atoms with Crippen LogP contribution in [0.1, 0.15) is 19.8 Å². The molecular weight excluding hydrogens is 126 g/mol. The molecule has 0 saturated carbocycles. The number of halogens is 1. The molecule has 0 heterocycles. The molecule has 0 aromatic rings. The molecule has 50 valence electrons. The van der Waals surface area contributed by atoms with Crippen LogP contribution in [0.2, 0.25) is 6.32 Å². The summed E-state index contributed by atoms with van der Waals surface area (Å²) in [5, 5.41) is 16.5. The maximum atomic E-state index is 8.24. The summed E-state index contributed by atoms with van der Waals surface area (Å²) in [6.45, 7) is 2.02. The molecule has 0 rings (SSSR count). The highest BCUT2D eigenvalue weighted by Gasteiger charge is 2.02. The Bertz CT molecular complexity index is 43.0. The molecule has 0 aliphatic carbocycles. The molecule has 0 radical (unpaired) electrons. The third kappa shape index (κ3) is 9.55. The van der Waals surface area contributed by atoms with E-state index in [9.17, 15) is 0 Å². The molecule has 0 aliphatic rings. The zero-order chi connectivity index (χ0) is 5.70. The molecule has 4 heteroatoms. The number of hydrogen-bond acceptors (Lipinski definition) is 2. The van der Waals surface area contributed by atoms with Crippen molar-refractivity contribution in [1.29, 1.82) is 0 Å². The molecule has 8 heavy (non-hydrogen) atoms. The zero-order valence-corrected chi connectivity index (χ0v) is 5.82. The molecule has 0 fully saturated rings. The normalized spacial score (nSPS) is 7.88. The Balaban J connectivity index is 0. The first-order valence-corrected chi connectivity index (χ1v) is 2.63. The van der Waals surface area contributed by atoms with Gasteiger partial charge in [-0.05, 0) is 6.32 Å². The average Bonchev–Trinajstić information content (AvgIpc) is 1.61. The van der Waals surface area contributed by atoms with E-state index in [0.717, 1.165) is 12.8 Å². The standard InChI is InChI=1S/C4H11BO2.ClH/c1-2-3-4-5(6)7;/h6-7H,2-4H2,1H3;1H. The van der Waals surface area contributed by atoms with Crippen molar-refractivity contribution in [3.63, 3.8) is 0 Å². The fraction of sp³-hybridized carbons (Fsp3) is 1.00. The lowest BCUT2D eigenvalue weighted by Gasteiger charge is -1.91. The SMILES string of the molecule is CCCCB(O)O.Cl. The summed E-state index contributed by atoms with van der Waals surface area (Å²) in [5.74, 6) is 0. The minimum Gasteiger partial charge on any atom is -0.427 e. The molecule has 0 aromatic heterocycles. The average molecular weight is 138 g/mol. The van der Waals surface area contributed by atoms with Gasteiger partial charge in [-0.2, -0.15) is 0 Å². The fourth-order valence-corrected chi connectivity index (χ4v) is 0.387. The van der Waals surface area contributed by atoms with E-state index in [2.05, 4.69) is 0 Å². The summed E-state index contributed by atoms with van der Waals surface area (Å²) >= 11 is 0. The number of unbranched alkanes of at least 4 members (excludes halogenated alkanes) is 1. The molecule has 0 bridgehead atoms. The van der Waals surface area contributed by atoms with E-state index >= 15 is 0 Å². The van der Waals surface area contributed by atoms with Gasteiger partial charge in [0.2, 0.25) is 0 Å². The first kappa shape index (κ1) is 11.1. The molecular formula is C4H12BClO2. The largest absolute Gasteiger partial charge is 0.451 e. The van der Waals surface area contributed by atoms with Crippen LogP contribution in [0.3, 0.4) is 0 Å². The Labute approximate surface area is 56.5 Å². The van der Waals surface area contributed by atoms with E-state index in [1.54, 1.807) is 0 Å². The number of hydrogen-bond donors (Lipinski definition) is 2. The van der Waals surface area contributed by atoms with Crippen molar-refractivity contribution in [1.82, 2.24) is 0 Å². The van der Waals surface area contributed by atoms with Gasteiger partial charge in [0.15, 0.2) is 0 Å². The molecule has 2 N–H and O–H groups in total. The molecule has 0 unspecified atom stereocenters. The second-order valence-electron chi connectivity index (χ2n) is 1.62. The van der Waals surface area contributed by atoms with Gasteiger partial charge >= 0.3 is 7.12 Å². The predicted octanol–water partition coefficient (Wildman–Crippen LogP) is 0.681. The second kappa shape index (κ2) is 7.27. The summed E-state index contributed by atoms with van der Waals surface area (Å²) in [5.41, 5.74) is 0. The Kier molecular flexibility index (Phi) is 10.1. The highest BCUT2D eigenvalue weighted by atomic mass is 35.5. The van der Waals surface area contributed by atoms with Crippen LogP contribution in [0, 0.1) is 0 Å². The van der Waals surface area contributed by atoms with Gasteiger partial charge in [-0.15, -0.1) is 12.4 Å². The van der Waals surface area contributed by atoms with Crippen molar-refractivity contribution in [2.24, 2.45) is 0 Å². The smallest absolute Gasteiger partial charge is 0.427 e. The Morgan fingerprint density at radius 3 is 2.00 bits per heavy atom. The summed E-state index contributed by atoms with van der Waals surface area (Å²) in [6.07, 6.45) is 2.44. The van der Waals surface area contributed by atoms with Crippen molar-refractivity contribution in [3.8, 4) is 0 Å². The predicted molar refractivity (Wildman–Crippen MR) is 37.2 cm³/mol. The minimum atomic E-state index is -1.10. The van der Waals surface area contributed by atoms with Gasteiger partial charge in [0, 0.05) is 0 Å². The summed E-state index contributed by atoms with van der Waals surface area (Å²) in [7, 11) is -1.10. The molecule has 0 spiro atoms. The zero-order valence-electron chi connectivity index (χ0n) is 5.00. The lowest BCUT2D eigenvalue weighted by atomic mass is 9.84. The molecule has 2 nitrogen and oxygen atoms in total. The highest BCUT2D eigenvalue weighted by Crippen LogP contribution is 1.94. The van der Waals surface area contributed by atoms with Crippen molar-refractivity contribution in [2.75, 3.05) is 0 Å². The van der Waals surface area contributed by atoms with Crippen LogP contribution in [0.5, 0.6) is 0 Å². The summed E-state index contributed by atoms with van der Waals surface area (Å²) in [6, 6.07) is 0. The third-order valence-corrected chi connectivity index (χ3v) is 0.816. The van der Waals surface area contributed by atoms with Gasteiger partial charge in [-0.25, -0.2) is 0 Å². The van der Waals surface area contributed by atoms with Crippen molar-refractivity contribution in [3.05, 3.63) is 0 Å². The van der Waals surface area contributed by atoms with Crippen LogP contribution in [-0.2, 0) is 0 Å². The van der Waals surface area contributed by atoms with Crippen molar-refractivity contribution in [2.45, 2.75) is 26.1 Å². The summed E-state index contributed by atoms with van der Waals surface area (Å²) < 4.78 is 0. The molecule has 0 atom stereocenters. The van der Waals surface area contributed by atoms with Crippen LogP contribution in [0.15, 0.2) is 0 Å². The van der Waals surface area contributed by atoms with Gasteiger partial charge in [0.1, 0.15) is 0 Å². The highest BCUT2D eigenvalue weighted by molar-refractivity contribution is 6.40. The first-order valence-electron chi connectivity index (χ1n) is 2.63. The van der Waals surface area contributed by atoms with E-state index in [-0.39, 0.29) is 12.4 Å². The monoisotopic (exact) mass is 138 g/mol. The van der Waals surface area contributed by atoms with E-state index < -0.39 is 7.12 Å². The van der Waals surface area contributed by atoms with Crippen LogP contribution in [0.4, 0.5) is 0 Å². The van der Waals surface area contributed by atoms with Gasteiger partial charge in [-0.3, -0.25) is 0 Å². The Morgan fingerprint density at radius 2 is 1.88 bits per heavy atom. The second-order valence-corrected chi connectivity index (χ2v) is 1.62. The van der Waals surface area contributed by atoms with E-state index in [1.165, 1.54) is 0 Å². The molecule has 0 aromatic carbocycles. The quantitative estimate of drug-likeness (QED) is 0.563. The van der Waals surface area contributed by atoms with Gasteiger partial charge < -0.3 is 10.0 Å². The molecule has 0 aliphatic heterocycles. The number of rotatable bonds is 3. The van der Waals surface area contributed by atoms with E-state index in [1.807, 2.05) is 6.92 Å². The van der Waals surface area contributed by atoms with E-state index in [4.69, 9.17) is 10.0 Å². The maximum absolute atomic E-state index is 8.24. The topological polar surface area (TPSA) is 40.5 Å². The van der Waals surface area contributed by atoms with Crippen LogP contribution >= 0.6 is 12.4 Å². The lowest BCUT2D eigenvalue weighted by molar-refractivity contribution is 0.403. The summed E-state index contributed by atoms with van der Waals surface area (Å²) in [4.78, 5) is 0. The van der Waals surface area contributed by atoms with Crippen molar-refractivity contribution >= 4 is 19.5 Å². The Hall–Kier alpha value is 0.275. The van der Waals surface area contributed by atoms with Crippen LogP contribution in [0.25, 0.3) is 0 Å². The van der Waals surface area contributed by atoms with Crippen LogP contribution < -0.4 is 0 Å². The molecule has 0 saturated heterocycles. The fourth-order valence-electron chi connectivity index (χ4n) is 0.387. The van der Waals surface area contributed by atoms with E-state index in [0.29, 0.717) is 6.32 Å². The molecule has 0 amide bonds.